The van der Waals surface area contributed by atoms with Crippen LogP contribution in [0.1, 0.15) is 11.3 Å². The normalized spacial score (nSPS) is 14.3. The molecule has 1 aliphatic rings. The van der Waals surface area contributed by atoms with Crippen LogP contribution in [-0.4, -0.2) is 25.7 Å². The number of aromatic nitrogens is 1. The number of methoxy groups -OCH3 is 2. The van der Waals surface area contributed by atoms with E-state index >= 15 is 0 Å². The first-order valence-electron chi connectivity index (χ1n) is 6.07. The Kier molecular flexibility index (Phi) is 2.80. The summed E-state index contributed by atoms with van der Waals surface area (Å²) in [6, 6.07) is 5.90. The van der Waals surface area contributed by atoms with Crippen molar-refractivity contribution in [3.05, 3.63) is 29.5 Å². The first-order valence-corrected chi connectivity index (χ1v) is 6.07. The summed E-state index contributed by atoms with van der Waals surface area (Å²) in [4.78, 5) is 4.70. The zero-order valence-corrected chi connectivity index (χ0v) is 10.6. The molecule has 2 heterocycles. The average molecular weight is 244 g/mol. The number of pyridine rings is 1. The number of hydrogen-bond donors (Lipinski definition) is 1. The highest BCUT2D eigenvalue weighted by Gasteiger charge is 2.18. The van der Waals surface area contributed by atoms with Crippen LogP contribution >= 0.6 is 0 Å². The van der Waals surface area contributed by atoms with Gasteiger partial charge in [0, 0.05) is 17.5 Å². The van der Waals surface area contributed by atoms with E-state index in [1.165, 1.54) is 5.56 Å². The highest BCUT2D eigenvalue weighted by molar-refractivity contribution is 5.88. The molecule has 18 heavy (non-hydrogen) atoms. The van der Waals surface area contributed by atoms with Crippen molar-refractivity contribution in [1.82, 2.24) is 10.3 Å². The molecule has 0 atom stereocenters. The van der Waals surface area contributed by atoms with Crippen molar-refractivity contribution >= 4 is 10.9 Å². The van der Waals surface area contributed by atoms with Crippen molar-refractivity contribution in [2.75, 3.05) is 20.8 Å². The van der Waals surface area contributed by atoms with Crippen molar-refractivity contribution in [3.8, 4) is 11.5 Å². The molecule has 1 aromatic carbocycles. The lowest BCUT2D eigenvalue weighted by Gasteiger charge is -2.20. The van der Waals surface area contributed by atoms with E-state index in [0.717, 1.165) is 47.6 Å². The van der Waals surface area contributed by atoms with Crippen LogP contribution in [0.25, 0.3) is 10.9 Å². The smallest absolute Gasteiger partial charge is 0.133 e. The van der Waals surface area contributed by atoms with Gasteiger partial charge < -0.3 is 14.8 Å². The van der Waals surface area contributed by atoms with Gasteiger partial charge in [0.1, 0.15) is 11.5 Å². The van der Waals surface area contributed by atoms with Gasteiger partial charge in [-0.05, 0) is 31.2 Å². The summed E-state index contributed by atoms with van der Waals surface area (Å²) in [6.07, 6.45) is 0.957. The molecule has 1 aliphatic heterocycles. The Balaban J connectivity index is 2.30. The zero-order valence-electron chi connectivity index (χ0n) is 10.6. The number of ether oxygens (including phenoxy) is 2. The predicted molar refractivity (Wildman–Crippen MR) is 70.3 cm³/mol. The molecule has 4 heteroatoms. The number of benzene rings is 1. The number of nitrogens with one attached hydrogen (secondary N) is 1. The van der Waals surface area contributed by atoms with Crippen LogP contribution in [0.3, 0.4) is 0 Å². The van der Waals surface area contributed by atoms with Gasteiger partial charge in [-0.1, -0.05) is 0 Å². The van der Waals surface area contributed by atoms with Gasteiger partial charge in [-0.15, -0.1) is 0 Å². The van der Waals surface area contributed by atoms with Crippen molar-refractivity contribution in [2.45, 2.75) is 13.0 Å². The first kappa shape index (κ1) is 11.3. The van der Waals surface area contributed by atoms with E-state index in [0.29, 0.717) is 0 Å². The molecule has 0 saturated heterocycles. The van der Waals surface area contributed by atoms with Crippen molar-refractivity contribution in [3.63, 3.8) is 0 Å². The Morgan fingerprint density at radius 2 is 2.11 bits per heavy atom. The summed E-state index contributed by atoms with van der Waals surface area (Å²) < 4.78 is 10.9. The lowest BCUT2D eigenvalue weighted by Crippen LogP contribution is -2.25. The Morgan fingerprint density at radius 1 is 1.22 bits per heavy atom. The maximum Gasteiger partial charge on any atom is 0.133 e. The van der Waals surface area contributed by atoms with Gasteiger partial charge in [-0.2, -0.15) is 0 Å². The predicted octanol–water partition coefficient (Wildman–Crippen LogP) is 1.90. The average Bonchev–Trinajstić information content (AvgIpc) is 2.44. The molecule has 0 spiro atoms. The van der Waals surface area contributed by atoms with Gasteiger partial charge in [0.05, 0.1) is 25.4 Å². The van der Waals surface area contributed by atoms with Crippen LogP contribution in [0.4, 0.5) is 0 Å². The lowest BCUT2D eigenvalue weighted by molar-refractivity contribution is 0.407. The van der Waals surface area contributed by atoms with Gasteiger partial charge in [-0.3, -0.25) is 4.98 Å². The van der Waals surface area contributed by atoms with E-state index in [-0.39, 0.29) is 0 Å². The molecular formula is C14H16N2O2. The molecule has 0 radical (unpaired) electrons. The van der Waals surface area contributed by atoms with Gasteiger partial charge in [0.15, 0.2) is 0 Å². The van der Waals surface area contributed by atoms with Crippen LogP contribution in [0.2, 0.25) is 0 Å². The number of hydrogen-bond acceptors (Lipinski definition) is 4. The Morgan fingerprint density at radius 3 is 2.89 bits per heavy atom. The molecule has 2 aromatic rings. The number of rotatable bonds is 2. The van der Waals surface area contributed by atoms with E-state index in [1.807, 2.05) is 18.2 Å². The fraction of sp³-hybridized carbons (Fsp3) is 0.357. The van der Waals surface area contributed by atoms with E-state index < -0.39 is 0 Å². The minimum atomic E-state index is 0.813. The number of fused-ring (bicyclic) bond motifs is 2. The molecule has 0 bridgehead atoms. The number of nitrogens with zero attached hydrogens (tertiary/aromatic N) is 1. The highest BCUT2D eigenvalue weighted by Crippen LogP contribution is 2.34. The van der Waals surface area contributed by atoms with E-state index in [1.54, 1.807) is 14.2 Å². The van der Waals surface area contributed by atoms with Crippen molar-refractivity contribution in [2.24, 2.45) is 0 Å². The summed E-state index contributed by atoms with van der Waals surface area (Å²) in [6.45, 7) is 1.79. The maximum absolute atomic E-state index is 5.60. The first-order chi connectivity index (χ1) is 8.83. The monoisotopic (exact) mass is 244 g/mol. The van der Waals surface area contributed by atoms with Gasteiger partial charge in [0.25, 0.3) is 0 Å². The van der Waals surface area contributed by atoms with Gasteiger partial charge >= 0.3 is 0 Å². The second-order valence-corrected chi connectivity index (χ2v) is 4.38. The summed E-state index contributed by atoms with van der Waals surface area (Å²) in [5, 5.41) is 4.36. The fourth-order valence-electron chi connectivity index (χ4n) is 2.49. The Hall–Kier alpha value is -1.81. The molecule has 0 unspecified atom stereocenters. The summed E-state index contributed by atoms with van der Waals surface area (Å²) in [7, 11) is 3.39. The second-order valence-electron chi connectivity index (χ2n) is 4.38. The third kappa shape index (κ3) is 1.69. The van der Waals surface area contributed by atoms with Crippen LogP contribution in [-0.2, 0) is 13.0 Å². The maximum atomic E-state index is 5.60. The second kappa shape index (κ2) is 4.46. The highest BCUT2D eigenvalue weighted by atomic mass is 16.5. The van der Waals surface area contributed by atoms with Gasteiger partial charge in [-0.25, -0.2) is 0 Å². The summed E-state index contributed by atoms with van der Waals surface area (Å²) >= 11 is 0. The van der Waals surface area contributed by atoms with Crippen LogP contribution in [0.5, 0.6) is 11.5 Å². The summed E-state index contributed by atoms with van der Waals surface area (Å²) in [5.74, 6) is 1.77. The molecule has 1 N–H and O–H groups in total. The van der Waals surface area contributed by atoms with E-state index in [4.69, 9.17) is 14.5 Å². The zero-order chi connectivity index (χ0) is 12.5. The minimum Gasteiger partial charge on any atom is -0.497 e. The van der Waals surface area contributed by atoms with Crippen LogP contribution in [0.15, 0.2) is 18.2 Å². The standard InChI is InChI=1S/C14H16N2O2/c1-17-9-3-4-12-11(7-9)14(18-2)10-5-6-15-8-13(10)16-12/h3-4,7,15H,5-6,8H2,1-2H3. The summed E-state index contributed by atoms with van der Waals surface area (Å²) in [5.41, 5.74) is 3.27. The topological polar surface area (TPSA) is 43.4 Å². The van der Waals surface area contributed by atoms with Crippen molar-refractivity contribution in [1.29, 1.82) is 0 Å². The lowest BCUT2D eigenvalue weighted by atomic mass is 10.0. The van der Waals surface area contributed by atoms with E-state index in [9.17, 15) is 0 Å². The molecule has 0 amide bonds. The quantitative estimate of drug-likeness (QED) is 0.876. The SMILES string of the molecule is COc1ccc2nc3c(c(OC)c2c1)CCNC3. The third-order valence-electron chi connectivity index (χ3n) is 3.37. The molecule has 4 nitrogen and oxygen atoms in total. The molecule has 0 fully saturated rings. The molecule has 3 rings (SSSR count). The Labute approximate surface area is 106 Å². The Bertz CT molecular complexity index is 596. The third-order valence-corrected chi connectivity index (χ3v) is 3.37. The van der Waals surface area contributed by atoms with Gasteiger partial charge in [0.2, 0.25) is 0 Å². The minimum absolute atomic E-state index is 0.813. The van der Waals surface area contributed by atoms with Crippen molar-refractivity contribution < 1.29 is 9.47 Å². The molecular weight excluding hydrogens is 228 g/mol. The van der Waals surface area contributed by atoms with Crippen LogP contribution < -0.4 is 14.8 Å². The molecule has 1 aromatic heterocycles. The molecule has 0 aliphatic carbocycles. The van der Waals surface area contributed by atoms with Crippen LogP contribution in [0, 0.1) is 0 Å². The van der Waals surface area contributed by atoms with E-state index in [2.05, 4.69) is 5.32 Å². The molecule has 0 saturated carbocycles. The largest absolute Gasteiger partial charge is 0.497 e. The molecule has 94 valence electrons. The fourth-order valence-corrected chi connectivity index (χ4v) is 2.49.